The molecule has 172 valence electrons. The molecule has 32 heavy (non-hydrogen) atoms. The van der Waals surface area contributed by atoms with Gasteiger partial charge in [0.1, 0.15) is 11.4 Å². The van der Waals surface area contributed by atoms with Crippen LogP contribution in [0.3, 0.4) is 0 Å². The fourth-order valence-corrected chi connectivity index (χ4v) is 3.77. The summed E-state index contributed by atoms with van der Waals surface area (Å²) in [4.78, 5) is 40.6. The number of ether oxygens (including phenoxy) is 1. The molecule has 3 heterocycles. The molecule has 2 fully saturated rings. The van der Waals surface area contributed by atoms with Crippen LogP contribution in [0, 0.1) is 5.82 Å². The number of halogens is 1. The minimum Gasteiger partial charge on any atom is -0.444 e. The third-order valence-electron chi connectivity index (χ3n) is 5.31. The number of fused-ring (bicyclic) bond motifs is 1. The van der Waals surface area contributed by atoms with Crippen molar-refractivity contribution >= 4 is 40.4 Å². The van der Waals surface area contributed by atoms with Crippen molar-refractivity contribution < 1.29 is 27.6 Å². The molecular formula is C21H27FN6O4. The van der Waals surface area contributed by atoms with Crippen LogP contribution in [0.4, 0.5) is 25.5 Å². The molecule has 1 aromatic carbocycles. The molecule has 0 radical (unpaired) electrons. The van der Waals surface area contributed by atoms with Crippen molar-refractivity contribution in [1.82, 2.24) is 20.0 Å². The Balaban J connectivity index is 1.65. The minimum absolute atomic E-state index is 0.00618. The van der Waals surface area contributed by atoms with Crippen LogP contribution in [0.25, 0.3) is 10.9 Å². The topological polar surface area (TPSA) is 100 Å². The second-order valence-electron chi connectivity index (χ2n) is 8.77. The highest BCUT2D eigenvalue weighted by Crippen LogP contribution is 2.33. The van der Waals surface area contributed by atoms with E-state index in [1.54, 1.807) is 30.6 Å². The largest absolute Gasteiger partial charge is 0.444 e. The van der Waals surface area contributed by atoms with Crippen LogP contribution in [-0.2, 0) is 16.5 Å². The molecule has 0 unspecified atom stereocenters. The highest BCUT2D eigenvalue weighted by Gasteiger charge is 2.30. The third-order valence-corrected chi connectivity index (χ3v) is 5.31. The predicted molar refractivity (Wildman–Crippen MR) is 116 cm³/mol. The van der Waals surface area contributed by atoms with Gasteiger partial charge in [-0.1, -0.05) is 0 Å². The van der Waals surface area contributed by atoms with Gasteiger partial charge in [-0.3, -0.25) is 19.7 Å². The predicted octanol–water partition coefficient (Wildman–Crippen LogP) is 2.22. The Bertz CT molecular complexity index is 1180. The standard InChI is InChI=1S/C21H27FN6O4/c1-21(2,3)32-20(31)27-9-7-26(8-10-27)16-12-15-13(11-14(16)22)18(24-25(15)4)28-6-5-17(29)23-19(28)30/h11-12H,5-10H2,1-4H3,(H,23,29,30)/i4D3. The maximum atomic E-state index is 15.3. The van der Waals surface area contributed by atoms with Crippen LogP contribution >= 0.6 is 0 Å². The van der Waals surface area contributed by atoms with Crippen LogP contribution in [0.15, 0.2) is 12.1 Å². The van der Waals surface area contributed by atoms with Gasteiger partial charge >= 0.3 is 12.1 Å². The summed E-state index contributed by atoms with van der Waals surface area (Å²) in [7, 11) is 0. The van der Waals surface area contributed by atoms with Crippen molar-refractivity contribution in [1.29, 1.82) is 0 Å². The minimum atomic E-state index is -2.69. The van der Waals surface area contributed by atoms with E-state index in [0.717, 1.165) is 15.6 Å². The molecule has 1 aromatic heterocycles. The van der Waals surface area contributed by atoms with Crippen LogP contribution < -0.4 is 15.1 Å². The van der Waals surface area contributed by atoms with E-state index in [-0.39, 0.29) is 35.4 Å². The maximum absolute atomic E-state index is 15.3. The normalized spacial score (nSPS) is 19.5. The van der Waals surface area contributed by atoms with Crippen LogP contribution in [0.1, 0.15) is 31.3 Å². The number of amides is 4. The number of hydrogen-bond acceptors (Lipinski definition) is 6. The molecule has 11 heteroatoms. The van der Waals surface area contributed by atoms with Gasteiger partial charge in [0.05, 0.1) is 11.2 Å². The lowest BCUT2D eigenvalue weighted by Gasteiger charge is -2.36. The number of nitrogens with zero attached hydrogens (tertiary/aromatic N) is 5. The Labute approximate surface area is 189 Å². The molecule has 4 rings (SSSR count). The van der Waals surface area contributed by atoms with Crippen molar-refractivity contribution in [2.75, 3.05) is 42.5 Å². The number of aryl methyl sites for hydroxylation is 1. The van der Waals surface area contributed by atoms with Crippen LogP contribution in [0.5, 0.6) is 0 Å². The molecule has 0 spiro atoms. The van der Waals surface area contributed by atoms with Gasteiger partial charge in [0, 0.05) is 55.6 Å². The monoisotopic (exact) mass is 449 g/mol. The number of urea groups is 1. The maximum Gasteiger partial charge on any atom is 0.410 e. The molecule has 2 aliphatic rings. The van der Waals surface area contributed by atoms with Crippen LogP contribution in [0.2, 0.25) is 0 Å². The van der Waals surface area contributed by atoms with E-state index in [2.05, 4.69) is 10.4 Å². The van der Waals surface area contributed by atoms with Gasteiger partial charge in [0.15, 0.2) is 5.82 Å². The van der Waals surface area contributed by atoms with E-state index in [1.807, 2.05) is 0 Å². The van der Waals surface area contributed by atoms with Gasteiger partial charge < -0.3 is 14.5 Å². The van der Waals surface area contributed by atoms with Crippen molar-refractivity contribution in [3.8, 4) is 0 Å². The molecule has 2 aliphatic heterocycles. The fourth-order valence-electron chi connectivity index (χ4n) is 3.77. The summed E-state index contributed by atoms with van der Waals surface area (Å²) in [6, 6.07) is 1.80. The molecule has 1 N–H and O–H groups in total. The summed E-state index contributed by atoms with van der Waals surface area (Å²) in [5.41, 5.74) is -0.345. The van der Waals surface area contributed by atoms with Crippen molar-refractivity contribution in [2.45, 2.75) is 32.8 Å². The summed E-state index contributed by atoms with van der Waals surface area (Å²) in [5.74, 6) is -1.12. The van der Waals surface area contributed by atoms with Gasteiger partial charge in [0.2, 0.25) is 5.91 Å². The smallest absolute Gasteiger partial charge is 0.410 e. The van der Waals surface area contributed by atoms with Gasteiger partial charge in [-0.25, -0.2) is 14.0 Å². The zero-order chi connectivity index (χ0) is 25.7. The molecular weight excluding hydrogens is 419 g/mol. The summed E-state index contributed by atoms with van der Waals surface area (Å²) in [6.07, 6.45) is -0.437. The number of aromatic nitrogens is 2. The van der Waals surface area contributed by atoms with E-state index >= 15 is 4.39 Å². The lowest BCUT2D eigenvalue weighted by Crippen LogP contribution is -2.50. The number of carbonyl (C=O) groups is 3. The quantitative estimate of drug-likeness (QED) is 0.755. The third kappa shape index (κ3) is 4.19. The number of carbonyl (C=O) groups excluding carboxylic acids is 3. The van der Waals surface area contributed by atoms with E-state index < -0.39 is 36.4 Å². The number of imide groups is 1. The average Bonchev–Trinajstić information content (AvgIpc) is 3.10. The molecule has 2 aromatic rings. The van der Waals surface area contributed by atoms with Gasteiger partial charge in [-0.05, 0) is 32.9 Å². The van der Waals surface area contributed by atoms with Crippen molar-refractivity contribution in [2.24, 2.45) is 6.98 Å². The van der Waals surface area contributed by atoms with Crippen LogP contribution in [-0.4, -0.2) is 71.0 Å². The summed E-state index contributed by atoms with van der Waals surface area (Å²) in [6.45, 7) is 3.87. The van der Waals surface area contributed by atoms with E-state index in [1.165, 1.54) is 6.07 Å². The summed E-state index contributed by atoms with van der Waals surface area (Å²) < 4.78 is 45.1. The van der Waals surface area contributed by atoms with Crippen molar-refractivity contribution in [3.63, 3.8) is 0 Å². The Kier molecular flexibility index (Phi) is 4.53. The SMILES string of the molecule is [2H]C([2H])([2H])n1nc(N2CCC(=O)NC2=O)c2cc(F)c(N3CCN(C(=O)OC(C)(C)C)CC3)cc21. The lowest BCUT2D eigenvalue weighted by molar-refractivity contribution is -0.120. The zero-order valence-corrected chi connectivity index (χ0v) is 18.1. The number of benzene rings is 1. The van der Waals surface area contributed by atoms with E-state index in [0.29, 0.717) is 26.2 Å². The number of anilines is 2. The summed E-state index contributed by atoms with van der Waals surface area (Å²) >= 11 is 0. The average molecular weight is 450 g/mol. The molecule has 0 bridgehead atoms. The number of rotatable bonds is 2. The lowest BCUT2D eigenvalue weighted by atomic mass is 10.1. The zero-order valence-electron chi connectivity index (χ0n) is 21.1. The van der Waals surface area contributed by atoms with Gasteiger partial charge in [0.25, 0.3) is 0 Å². The van der Waals surface area contributed by atoms with E-state index in [9.17, 15) is 14.4 Å². The Morgan fingerprint density at radius 3 is 2.53 bits per heavy atom. The first-order chi connectivity index (χ1) is 16.2. The molecule has 0 saturated carbocycles. The Morgan fingerprint density at radius 1 is 1.19 bits per heavy atom. The summed E-state index contributed by atoms with van der Waals surface area (Å²) in [5, 5.41) is 6.41. The molecule has 0 aliphatic carbocycles. The van der Waals surface area contributed by atoms with Crippen molar-refractivity contribution in [3.05, 3.63) is 17.9 Å². The molecule has 0 atom stereocenters. The highest BCUT2D eigenvalue weighted by molar-refractivity contribution is 6.09. The Morgan fingerprint density at radius 2 is 1.91 bits per heavy atom. The first-order valence-corrected chi connectivity index (χ1v) is 10.3. The highest BCUT2D eigenvalue weighted by atomic mass is 19.1. The molecule has 4 amide bonds. The number of piperazine rings is 1. The molecule has 2 saturated heterocycles. The second-order valence-corrected chi connectivity index (χ2v) is 8.77. The van der Waals surface area contributed by atoms with Gasteiger partial charge in [-0.15, -0.1) is 0 Å². The first-order valence-electron chi connectivity index (χ1n) is 11.8. The first kappa shape index (κ1) is 18.2. The number of nitrogens with one attached hydrogen (secondary N) is 1. The van der Waals surface area contributed by atoms with Gasteiger partial charge in [-0.2, -0.15) is 5.10 Å². The molecule has 10 nitrogen and oxygen atoms in total. The second kappa shape index (κ2) is 7.95. The number of hydrogen-bond donors (Lipinski definition) is 1. The Hall–Kier alpha value is -3.37. The fraction of sp³-hybridized carbons (Fsp3) is 0.524. The van der Waals surface area contributed by atoms with E-state index in [4.69, 9.17) is 8.85 Å².